The smallest absolute Gasteiger partial charge is 0.314 e. The van der Waals surface area contributed by atoms with Crippen molar-refractivity contribution in [3.05, 3.63) is 0 Å². The van der Waals surface area contributed by atoms with Crippen molar-refractivity contribution in [2.24, 2.45) is 5.92 Å². The number of nitrogens with one attached hydrogen (secondary N) is 1. The van der Waals surface area contributed by atoms with Crippen molar-refractivity contribution in [2.75, 3.05) is 24.6 Å². The summed E-state index contributed by atoms with van der Waals surface area (Å²) in [7, 11) is -3.19. The van der Waals surface area contributed by atoms with Crippen molar-refractivity contribution in [2.45, 2.75) is 13.1 Å². The summed E-state index contributed by atoms with van der Waals surface area (Å²) in [4.78, 5) is 0. The maximum absolute atomic E-state index is 12.1. The monoisotopic (exact) mass is 258 g/mol. The molecule has 0 amide bonds. The Bertz CT molecular complexity index is 345. The largest absolute Gasteiger partial charge is 0.405 e. The first kappa shape index (κ1) is 15.2. The summed E-state index contributed by atoms with van der Waals surface area (Å²) in [5, 5.41) is 10.6. The predicted molar refractivity (Wildman–Crippen MR) is 52.4 cm³/mol. The molecule has 0 heterocycles. The second kappa shape index (κ2) is 6.06. The van der Waals surface area contributed by atoms with Crippen LogP contribution in [0, 0.1) is 17.2 Å². The molecule has 16 heavy (non-hydrogen) atoms. The molecule has 1 atom stereocenters. The first-order valence-corrected chi connectivity index (χ1v) is 6.42. The number of nitriles is 1. The van der Waals surface area contributed by atoms with Gasteiger partial charge in [-0.15, -0.1) is 0 Å². The fourth-order valence-electron chi connectivity index (χ4n) is 0.853. The van der Waals surface area contributed by atoms with E-state index in [1.54, 1.807) is 0 Å². The third kappa shape index (κ3) is 5.92. The van der Waals surface area contributed by atoms with Crippen LogP contribution in [0.4, 0.5) is 13.2 Å². The molecule has 0 saturated heterocycles. The van der Waals surface area contributed by atoms with E-state index in [1.165, 1.54) is 6.92 Å². The van der Waals surface area contributed by atoms with Crippen LogP contribution in [-0.4, -0.2) is 39.2 Å². The summed E-state index contributed by atoms with van der Waals surface area (Å²) in [6, 6.07) is 1.12. The number of sulfone groups is 1. The van der Waals surface area contributed by atoms with Gasteiger partial charge in [-0.1, -0.05) is 6.92 Å². The van der Waals surface area contributed by atoms with Crippen molar-refractivity contribution in [3.8, 4) is 6.07 Å². The van der Waals surface area contributed by atoms with Gasteiger partial charge in [0, 0.05) is 18.8 Å². The SMILES string of the molecule is CCS(=O)(=O)CCNCC(C#N)C(F)(F)F. The van der Waals surface area contributed by atoms with E-state index in [9.17, 15) is 21.6 Å². The molecule has 94 valence electrons. The van der Waals surface area contributed by atoms with Crippen molar-refractivity contribution in [3.63, 3.8) is 0 Å². The second-order valence-corrected chi connectivity index (χ2v) is 5.64. The molecule has 1 unspecified atom stereocenters. The highest BCUT2D eigenvalue weighted by molar-refractivity contribution is 7.91. The van der Waals surface area contributed by atoms with Gasteiger partial charge in [0.25, 0.3) is 0 Å². The lowest BCUT2D eigenvalue weighted by atomic mass is 10.1. The van der Waals surface area contributed by atoms with Gasteiger partial charge < -0.3 is 5.32 Å². The number of hydrogen-bond donors (Lipinski definition) is 1. The van der Waals surface area contributed by atoms with Crippen LogP contribution in [0.3, 0.4) is 0 Å². The standard InChI is InChI=1S/C8H13F3N2O2S/c1-2-16(14,15)4-3-13-6-7(5-12)8(9,10)11/h7,13H,2-4,6H2,1H3. The zero-order chi connectivity index (χ0) is 12.8. The molecule has 1 N–H and O–H groups in total. The summed E-state index contributed by atoms with van der Waals surface area (Å²) in [6.07, 6.45) is -4.58. The van der Waals surface area contributed by atoms with Crippen LogP contribution in [0.1, 0.15) is 6.92 Å². The Morgan fingerprint density at radius 2 is 2.00 bits per heavy atom. The van der Waals surface area contributed by atoms with Gasteiger partial charge in [0.1, 0.15) is 0 Å². The van der Waals surface area contributed by atoms with E-state index in [2.05, 4.69) is 5.32 Å². The Kier molecular flexibility index (Phi) is 5.75. The Hall–Kier alpha value is -0.810. The molecule has 0 bridgehead atoms. The predicted octanol–water partition coefficient (Wildman–Crippen LogP) is 0.713. The fraction of sp³-hybridized carbons (Fsp3) is 0.875. The lowest BCUT2D eigenvalue weighted by Gasteiger charge is -2.13. The average Bonchev–Trinajstić information content (AvgIpc) is 2.15. The Balaban J connectivity index is 3.96. The molecule has 4 nitrogen and oxygen atoms in total. The highest BCUT2D eigenvalue weighted by atomic mass is 32.2. The minimum Gasteiger partial charge on any atom is -0.314 e. The van der Waals surface area contributed by atoms with Crippen molar-refractivity contribution in [1.29, 1.82) is 5.26 Å². The number of hydrogen-bond acceptors (Lipinski definition) is 4. The van der Waals surface area contributed by atoms with Crippen LogP contribution in [0.5, 0.6) is 0 Å². The van der Waals surface area contributed by atoms with Crippen LogP contribution >= 0.6 is 0 Å². The van der Waals surface area contributed by atoms with E-state index in [0.29, 0.717) is 0 Å². The van der Waals surface area contributed by atoms with E-state index in [-0.39, 0.29) is 18.1 Å². The van der Waals surface area contributed by atoms with E-state index in [1.807, 2.05) is 0 Å². The minimum absolute atomic E-state index is 0.0460. The van der Waals surface area contributed by atoms with E-state index in [4.69, 9.17) is 5.26 Å². The molecule has 0 saturated carbocycles. The van der Waals surface area contributed by atoms with E-state index >= 15 is 0 Å². The molecule has 0 aliphatic carbocycles. The van der Waals surface area contributed by atoms with Crippen LogP contribution in [0.25, 0.3) is 0 Å². The lowest BCUT2D eigenvalue weighted by molar-refractivity contribution is -0.157. The number of alkyl halides is 3. The zero-order valence-corrected chi connectivity index (χ0v) is 9.53. The summed E-state index contributed by atoms with van der Waals surface area (Å²) in [5.74, 6) is -2.37. The second-order valence-electron chi connectivity index (χ2n) is 3.16. The number of nitrogens with zero attached hydrogens (tertiary/aromatic N) is 1. The van der Waals surface area contributed by atoms with Crippen LogP contribution < -0.4 is 5.32 Å². The van der Waals surface area contributed by atoms with Gasteiger partial charge in [-0.2, -0.15) is 18.4 Å². The highest BCUT2D eigenvalue weighted by Gasteiger charge is 2.39. The summed E-state index contributed by atoms with van der Waals surface area (Å²) < 4.78 is 58.2. The lowest BCUT2D eigenvalue weighted by Crippen LogP contribution is -2.34. The Morgan fingerprint density at radius 3 is 2.38 bits per heavy atom. The molecular weight excluding hydrogens is 245 g/mol. The van der Waals surface area contributed by atoms with Crippen molar-refractivity contribution >= 4 is 9.84 Å². The third-order valence-electron chi connectivity index (χ3n) is 1.93. The molecule has 8 heteroatoms. The topological polar surface area (TPSA) is 70.0 Å². The quantitative estimate of drug-likeness (QED) is 0.712. The van der Waals surface area contributed by atoms with Gasteiger partial charge in [-0.3, -0.25) is 0 Å². The number of rotatable bonds is 6. The van der Waals surface area contributed by atoms with Gasteiger partial charge >= 0.3 is 6.18 Å². The summed E-state index contributed by atoms with van der Waals surface area (Å²) in [5.41, 5.74) is 0. The van der Waals surface area contributed by atoms with Gasteiger partial charge in [0.15, 0.2) is 15.8 Å². The molecule has 0 aliphatic heterocycles. The van der Waals surface area contributed by atoms with Crippen molar-refractivity contribution < 1.29 is 21.6 Å². The van der Waals surface area contributed by atoms with Crippen LogP contribution in [-0.2, 0) is 9.84 Å². The van der Waals surface area contributed by atoms with Gasteiger partial charge in [0.05, 0.1) is 11.8 Å². The molecule has 0 aliphatic rings. The van der Waals surface area contributed by atoms with E-state index in [0.717, 1.165) is 6.07 Å². The van der Waals surface area contributed by atoms with Crippen molar-refractivity contribution in [1.82, 2.24) is 5.32 Å². The summed E-state index contributed by atoms with van der Waals surface area (Å²) in [6.45, 7) is 0.798. The Labute approximate surface area is 92.4 Å². The first-order chi connectivity index (χ1) is 7.23. The average molecular weight is 258 g/mol. The fourth-order valence-corrected chi connectivity index (χ4v) is 1.60. The van der Waals surface area contributed by atoms with Gasteiger partial charge in [0.2, 0.25) is 0 Å². The zero-order valence-electron chi connectivity index (χ0n) is 8.71. The maximum Gasteiger partial charge on any atom is 0.405 e. The molecular formula is C8H13F3N2O2S. The maximum atomic E-state index is 12.1. The first-order valence-electron chi connectivity index (χ1n) is 4.60. The van der Waals surface area contributed by atoms with Gasteiger partial charge in [-0.25, -0.2) is 8.42 Å². The van der Waals surface area contributed by atoms with Gasteiger partial charge in [-0.05, 0) is 0 Å². The molecule has 0 aromatic heterocycles. The molecule has 0 fully saturated rings. The van der Waals surface area contributed by atoms with E-state index < -0.39 is 28.5 Å². The summed E-state index contributed by atoms with van der Waals surface area (Å²) >= 11 is 0. The molecule has 0 aromatic rings. The van der Waals surface area contributed by atoms with Crippen LogP contribution in [0.15, 0.2) is 0 Å². The third-order valence-corrected chi connectivity index (χ3v) is 3.63. The molecule has 0 aromatic carbocycles. The Morgan fingerprint density at radius 1 is 1.44 bits per heavy atom. The van der Waals surface area contributed by atoms with Crippen LogP contribution in [0.2, 0.25) is 0 Å². The molecule has 0 rings (SSSR count). The normalized spacial score (nSPS) is 14.4. The minimum atomic E-state index is -4.58. The molecule has 0 radical (unpaired) electrons. The molecule has 0 spiro atoms. The highest BCUT2D eigenvalue weighted by Crippen LogP contribution is 2.24. The number of halogens is 3.